The van der Waals surface area contributed by atoms with Crippen molar-refractivity contribution in [3.8, 4) is 22.8 Å². The van der Waals surface area contributed by atoms with Crippen LogP contribution in [0.15, 0.2) is 66.3 Å². The van der Waals surface area contributed by atoms with Crippen LogP contribution in [-0.2, 0) is 4.79 Å². The Morgan fingerprint density at radius 1 is 1.21 bits per heavy atom. The SMILES string of the molecule is C=CCNC(=O)CSc1nnc(-c2ccc(OC)cc2)n1-c1ccc(Cl)cc1. The molecule has 3 aromatic rings. The van der Waals surface area contributed by atoms with Gasteiger partial charge in [-0.3, -0.25) is 9.36 Å². The average Bonchev–Trinajstić information content (AvgIpc) is 3.15. The molecule has 0 radical (unpaired) electrons. The van der Waals surface area contributed by atoms with Gasteiger partial charge in [-0.25, -0.2) is 0 Å². The molecule has 0 bridgehead atoms. The van der Waals surface area contributed by atoms with Gasteiger partial charge in [-0.1, -0.05) is 29.4 Å². The number of hydrogen-bond donors (Lipinski definition) is 1. The maximum atomic E-state index is 11.9. The lowest BCUT2D eigenvalue weighted by Crippen LogP contribution is -2.25. The van der Waals surface area contributed by atoms with Crippen molar-refractivity contribution in [2.24, 2.45) is 0 Å². The maximum absolute atomic E-state index is 11.9. The van der Waals surface area contributed by atoms with Crippen molar-refractivity contribution in [2.45, 2.75) is 5.16 Å². The number of ether oxygens (including phenoxy) is 1. The van der Waals surface area contributed by atoms with E-state index in [-0.39, 0.29) is 11.7 Å². The van der Waals surface area contributed by atoms with E-state index in [1.54, 1.807) is 25.3 Å². The second-order valence-electron chi connectivity index (χ2n) is 5.73. The second-order valence-corrected chi connectivity index (χ2v) is 7.11. The van der Waals surface area contributed by atoms with Crippen LogP contribution in [0.25, 0.3) is 17.1 Å². The standard InChI is InChI=1S/C20H19ClN4O2S/c1-3-12-22-18(26)13-28-20-24-23-19(14-4-10-17(27-2)11-5-14)25(20)16-8-6-15(21)7-9-16/h3-11H,1,12-13H2,2H3,(H,22,26). The van der Waals surface area contributed by atoms with E-state index in [0.717, 1.165) is 17.0 Å². The van der Waals surface area contributed by atoms with Crippen LogP contribution in [0.1, 0.15) is 0 Å². The van der Waals surface area contributed by atoms with Gasteiger partial charge >= 0.3 is 0 Å². The van der Waals surface area contributed by atoms with Gasteiger partial charge in [0.25, 0.3) is 0 Å². The molecular formula is C20H19ClN4O2S. The summed E-state index contributed by atoms with van der Waals surface area (Å²) in [6, 6.07) is 15.0. The van der Waals surface area contributed by atoms with E-state index in [1.165, 1.54) is 11.8 Å². The quantitative estimate of drug-likeness (QED) is 0.446. The molecule has 0 aliphatic heterocycles. The summed E-state index contributed by atoms with van der Waals surface area (Å²) in [6.45, 7) is 4.02. The predicted molar refractivity (Wildman–Crippen MR) is 112 cm³/mol. The molecule has 1 heterocycles. The van der Waals surface area contributed by atoms with E-state index >= 15 is 0 Å². The zero-order valence-corrected chi connectivity index (χ0v) is 16.8. The summed E-state index contributed by atoms with van der Waals surface area (Å²) in [4.78, 5) is 11.9. The number of methoxy groups -OCH3 is 1. The van der Waals surface area contributed by atoms with Gasteiger partial charge in [0.1, 0.15) is 5.75 Å². The van der Waals surface area contributed by atoms with Gasteiger partial charge < -0.3 is 10.1 Å². The molecule has 0 aliphatic carbocycles. The lowest BCUT2D eigenvalue weighted by molar-refractivity contribution is -0.118. The molecule has 1 aromatic heterocycles. The third-order valence-corrected chi connectivity index (χ3v) is 5.02. The number of amides is 1. The minimum Gasteiger partial charge on any atom is -0.497 e. The zero-order chi connectivity index (χ0) is 19.9. The molecule has 0 saturated heterocycles. The summed E-state index contributed by atoms with van der Waals surface area (Å²) < 4.78 is 7.13. The van der Waals surface area contributed by atoms with Crippen LogP contribution in [0.2, 0.25) is 5.02 Å². The Morgan fingerprint density at radius 2 is 1.93 bits per heavy atom. The highest BCUT2D eigenvalue weighted by atomic mass is 35.5. The molecule has 6 nitrogen and oxygen atoms in total. The van der Waals surface area contributed by atoms with Crippen molar-refractivity contribution in [3.05, 3.63) is 66.2 Å². The number of nitrogens with zero attached hydrogens (tertiary/aromatic N) is 3. The molecule has 0 unspecified atom stereocenters. The van der Waals surface area contributed by atoms with Crippen molar-refractivity contribution in [3.63, 3.8) is 0 Å². The Kier molecular flexibility index (Phi) is 6.73. The lowest BCUT2D eigenvalue weighted by Gasteiger charge is -2.11. The molecule has 2 aromatic carbocycles. The van der Waals surface area contributed by atoms with Crippen LogP contribution < -0.4 is 10.1 Å². The number of carbonyl (C=O) groups is 1. The summed E-state index contributed by atoms with van der Waals surface area (Å²) in [5.74, 6) is 1.55. The zero-order valence-electron chi connectivity index (χ0n) is 15.3. The van der Waals surface area contributed by atoms with Crippen molar-refractivity contribution < 1.29 is 9.53 Å². The Labute approximate surface area is 172 Å². The summed E-state index contributed by atoms with van der Waals surface area (Å²) in [5.41, 5.74) is 1.74. The first-order chi connectivity index (χ1) is 13.6. The Balaban J connectivity index is 1.95. The molecule has 3 rings (SSSR count). The molecular weight excluding hydrogens is 396 g/mol. The third kappa shape index (κ3) is 4.74. The summed E-state index contributed by atoms with van der Waals surface area (Å²) >= 11 is 7.35. The monoisotopic (exact) mass is 414 g/mol. The summed E-state index contributed by atoms with van der Waals surface area (Å²) in [7, 11) is 1.62. The van der Waals surface area contributed by atoms with Crippen LogP contribution in [0.4, 0.5) is 0 Å². The van der Waals surface area contributed by atoms with E-state index in [2.05, 4.69) is 22.1 Å². The highest BCUT2D eigenvalue weighted by molar-refractivity contribution is 7.99. The number of benzene rings is 2. The van der Waals surface area contributed by atoms with Crippen LogP contribution in [0, 0.1) is 0 Å². The van der Waals surface area contributed by atoms with Crippen LogP contribution in [0.5, 0.6) is 5.75 Å². The first kappa shape index (κ1) is 20.0. The van der Waals surface area contributed by atoms with Gasteiger partial charge in [0, 0.05) is 22.8 Å². The molecule has 0 saturated carbocycles. The van der Waals surface area contributed by atoms with Crippen LogP contribution >= 0.6 is 23.4 Å². The fourth-order valence-electron chi connectivity index (χ4n) is 2.48. The molecule has 0 atom stereocenters. The van der Waals surface area contributed by atoms with Gasteiger partial charge in [0.15, 0.2) is 11.0 Å². The van der Waals surface area contributed by atoms with Crippen molar-refractivity contribution in [2.75, 3.05) is 19.4 Å². The lowest BCUT2D eigenvalue weighted by atomic mass is 10.2. The number of aromatic nitrogens is 3. The third-order valence-electron chi connectivity index (χ3n) is 3.84. The first-order valence-corrected chi connectivity index (χ1v) is 9.85. The molecule has 0 fully saturated rings. The fourth-order valence-corrected chi connectivity index (χ4v) is 3.39. The maximum Gasteiger partial charge on any atom is 0.230 e. The van der Waals surface area contributed by atoms with Crippen molar-refractivity contribution in [1.82, 2.24) is 20.1 Å². The molecule has 0 spiro atoms. The highest BCUT2D eigenvalue weighted by Gasteiger charge is 2.17. The molecule has 1 amide bonds. The van der Waals surface area contributed by atoms with Crippen LogP contribution in [-0.4, -0.2) is 40.1 Å². The van der Waals surface area contributed by atoms with E-state index in [4.69, 9.17) is 16.3 Å². The van der Waals surface area contributed by atoms with Gasteiger partial charge in [0.05, 0.1) is 12.9 Å². The van der Waals surface area contributed by atoms with Crippen LogP contribution in [0.3, 0.4) is 0 Å². The molecule has 8 heteroatoms. The van der Waals surface area contributed by atoms with Gasteiger partial charge in [-0.05, 0) is 48.5 Å². The topological polar surface area (TPSA) is 69.0 Å². The van der Waals surface area contributed by atoms with Gasteiger partial charge in [-0.2, -0.15) is 0 Å². The predicted octanol–water partition coefficient (Wildman–Crippen LogP) is 3.99. The first-order valence-electron chi connectivity index (χ1n) is 8.48. The Bertz CT molecular complexity index is 955. The van der Waals surface area contributed by atoms with E-state index in [9.17, 15) is 4.79 Å². The molecule has 1 N–H and O–H groups in total. The Morgan fingerprint density at radius 3 is 2.57 bits per heavy atom. The Hall–Kier alpha value is -2.77. The highest BCUT2D eigenvalue weighted by Crippen LogP contribution is 2.29. The van der Waals surface area contributed by atoms with E-state index in [0.29, 0.717) is 22.5 Å². The van der Waals surface area contributed by atoms with Crippen molar-refractivity contribution in [1.29, 1.82) is 0 Å². The summed E-state index contributed by atoms with van der Waals surface area (Å²) in [6.07, 6.45) is 1.64. The number of thioether (sulfide) groups is 1. The number of nitrogens with one attached hydrogen (secondary N) is 1. The molecule has 28 heavy (non-hydrogen) atoms. The number of halogens is 1. The largest absolute Gasteiger partial charge is 0.497 e. The minimum absolute atomic E-state index is 0.0958. The number of hydrogen-bond acceptors (Lipinski definition) is 5. The normalized spacial score (nSPS) is 10.5. The average molecular weight is 415 g/mol. The van der Waals surface area contributed by atoms with Gasteiger partial charge in [0.2, 0.25) is 5.91 Å². The van der Waals surface area contributed by atoms with Crippen molar-refractivity contribution >= 4 is 29.3 Å². The minimum atomic E-state index is -0.0958. The second kappa shape index (κ2) is 9.43. The summed E-state index contributed by atoms with van der Waals surface area (Å²) in [5, 5.41) is 12.7. The number of carbonyl (C=O) groups excluding carboxylic acids is 1. The van der Waals surface area contributed by atoms with E-state index < -0.39 is 0 Å². The van der Waals surface area contributed by atoms with E-state index in [1.807, 2.05) is 41.0 Å². The number of rotatable bonds is 8. The fraction of sp³-hybridized carbons (Fsp3) is 0.150. The van der Waals surface area contributed by atoms with Gasteiger partial charge in [-0.15, -0.1) is 16.8 Å². The molecule has 0 aliphatic rings. The molecule has 144 valence electrons. The smallest absolute Gasteiger partial charge is 0.230 e.